The van der Waals surface area contributed by atoms with Gasteiger partial charge >= 0.3 is 29.6 Å². The van der Waals surface area contributed by atoms with Crippen molar-refractivity contribution in [3.63, 3.8) is 0 Å². The number of carboxylic acid groups (broad SMARTS) is 1. The van der Waals surface area contributed by atoms with Crippen LogP contribution in [0.25, 0.3) is 10.2 Å². The maximum atomic E-state index is 10.5. The molecule has 16 heavy (non-hydrogen) atoms. The maximum absolute atomic E-state index is 10.5. The number of thiazole rings is 1. The van der Waals surface area contributed by atoms with E-state index in [0.717, 1.165) is 11.3 Å². The Morgan fingerprint density at radius 1 is 1.44 bits per heavy atom. The minimum absolute atomic E-state index is 0. The van der Waals surface area contributed by atoms with Gasteiger partial charge in [-0.3, -0.25) is 10.1 Å². The molecular formula is C8H3N2NaO4S. The molecule has 8 heteroatoms. The molecule has 0 aliphatic rings. The molecule has 0 aliphatic heterocycles. The molecule has 2 aromatic rings. The second-order valence-electron chi connectivity index (χ2n) is 2.72. The number of aromatic carboxylic acids is 1. The Bertz CT molecular complexity index is 556. The standard InChI is InChI=1S/C8H4N2O4S.Na/c11-8(12)7-9-5-2-1-4(10(13)14)3-6(5)15-7;/h1-3H,(H,11,12);/q;+1/p-1. The zero-order chi connectivity index (χ0) is 11.0. The third kappa shape index (κ3) is 2.38. The number of fused-ring (bicyclic) bond motifs is 1. The summed E-state index contributed by atoms with van der Waals surface area (Å²) in [6.45, 7) is 0. The summed E-state index contributed by atoms with van der Waals surface area (Å²) in [5.74, 6) is -1.38. The second-order valence-corrected chi connectivity index (χ2v) is 3.75. The molecule has 0 atom stereocenters. The number of nitro groups is 1. The van der Waals surface area contributed by atoms with Crippen molar-refractivity contribution in [2.24, 2.45) is 0 Å². The first-order valence-corrected chi connectivity index (χ1v) is 4.66. The van der Waals surface area contributed by atoms with Crippen LogP contribution in [0.3, 0.4) is 0 Å². The van der Waals surface area contributed by atoms with Crippen LogP contribution in [0.5, 0.6) is 0 Å². The number of rotatable bonds is 2. The average Bonchev–Trinajstić information content (AvgIpc) is 2.59. The smallest absolute Gasteiger partial charge is 0.542 e. The van der Waals surface area contributed by atoms with Crippen molar-refractivity contribution in [2.75, 3.05) is 0 Å². The first-order chi connectivity index (χ1) is 7.08. The molecule has 0 saturated heterocycles. The summed E-state index contributed by atoms with van der Waals surface area (Å²) in [5, 5.41) is 20.8. The predicted octanol–water partition coefficient (Wildman–Crippen LogP) is -2.43. The van der Waals surface area contributed by atoms with E-state index in [1.54, 1.807) is 0 Å². The predicted molar refractivity (Wildman–Crippen MR) is 50.6 cm³/mol. The van der Waals surface area contributed by atoms with Crippen molar-refractivity contribution in [1.82, 2.24) is 4.98 Å². The van der Waals surface area contributed by atoms with Gasteiger partial charge in [0.15, 0.2) is 0 Å². The van der Waals surface area contributed by atoms with Gasteiger partial charge in [0.25, 0.3) is 5.69 Å². The third-order valence-electron chi connectivity index (χ3n) is 1.76. The van der Waals surface area contributed by atoms with Crippen molar-refractivity contribution in [3.05, 3.63) is 33.3 Å². The van der Waals surface area contributed by atoms with Crippen molar-refractivity contribution in [3.8, 4) is 0 Å². The number of hydrogen-bond acceptors (Lipinski definition) is 6. The van der Waals surface area contributed by atoms with Gasteiger partial charge in [0, 0.05) is 12.1 Å². The molecule has 0 N–H and O–H groups in total. The van der Waals surface area contributed by atoms with Gasteiger partial charge in [0.1, 0.15) is 11.0 Å². The van der Waals surface area contributed by atoms with Gasteiger partial charge < -0.3 is 9.90 Å². The third-order valence-corrected chi connectivity index (χ3v) is 2.76. The molecule has 1 aromatic carbocycles. The van der Waals surface area contributed by atoms with E-state index in [1.807, 2.05) is 0 Å². The topological polar surface area (TPSA) is 96.2 Å². The summed E-state index contributed by atoms with van der Waals surface area (Å²) >= 11 is 0.859. The molecule has 6 nitrogen and oxygen atoms in total. The van der Waals surface area contributed by atoms with Crippen LogP contribution in [0.15, 0.2) is 18.2 Å². The molecule has 2 rings (SSSR count). The van der Waals surface area contributed by atoms with Crippen LogP contribution in [-0.2, 0) is 0 Å². The maximum Gasteiger partial charge on any atom is 1.00 e. The van der Waals surface area contributed by atoms with E-state index in [9.17, 15) is 20.0 Å². The monoisotopic (exact) mass is 246 g/mol. The molecule has 0 aliphatic carbocycles. The zero-order valence-electron chi connectivity index (χ0n) is 8.17. The van der Waals surface area contributed by atoms with E-state index in [4.69, 9.17) is 0 Å². The van der Waals surface area contributed by atoms with Gasteiger partial charge in [-0.05, 0) is 6.07 Å². The van der Waals surface area contributed by atoms with Gasteiger partial charge in [-0.25, -0.2) is 4.98 Å². The molecule has 0 saturated carbocycles. The van der Waals surface area contributed by atoms with E-state index in [2.05, 4.69) is 4.98 Å². The quantitative estimate of drug-likeness (QED) is 0.333. The Kier molecular flexibility index (Phi) is 3.98. The number of benzene rings is 1. The summed E-state index contributed by atoms with van der Waals surface area (Å²) < 4.78 is 0.461. The Morgan fingerprint density at radius 2 is 2.12 bits per heavy atom. The molecule has 0 radical (unpaired) electrons. The number of non-ortho nitro benzene ring substituents is 1. The Balaban J connectivity index is 0.00000128. The van der Waals surface area contributed by atoms with Crippen LogP contribution < -0.4 is 34.7 Å². The molecule has 0 spiro atoms. The molecule has 76 valence electrons. The molecule has 0 amide bonds. The van der Waals surface area contributed by atoms with Gasteiger partial charge in [0.2, 0.25) is 0 Å². The average molecular weight is 246 g/mol. The molecule has 0 unspecified atom stereocenters. The first-order valence-electron chi connectivity index (χ1n) is 3.84. The van der Waals surface area contributed by atoms with Gasteiger partial charge in [-0.2, -0.15) is 0 Å². The molecule has 0 bridgehead atoms. The SMILES string of the molecule is O=C([O-])c1nc2ccc([N+](=O)[O-])cc2s1.[Na+]. The molecule has 1 aromatic heterocycles. The van der Waals surface area contributed by atoms with Crippen molar-refractivity contribution >= 4 is 33.2 Å². The number of nitro benzene ring substituents is 1. The van der Waals surface area contributed by atoms with Crippen molar-refractivity contribution in [1.29, 1.82) is 0 Å². The Morgan fingerprint density at radius 3 is 2.69 bits per heavy atom. The number of hydrogen-bond donors (Lipinski definition) is 0. The van der Waals surface area contributed by atoms with Crippen molar-refractivity contribution < 1.29 is 44.4 Å². The van der Waals surface area contributed by atoms with E-state index >= 15 is 0 Å². The first kappa shape index (κ1) is 13.0. The Hall–Kier alpha value is -1.02. The van der Waals surface area contributed by atoms with Gasteiger partial charge in [-0.1, -0.05) is 0 Å². The number of carbonyl (C=O) groups is 1. The van der Waals surface area contributed by atoms with Crippen molar-refractivity contribution in [2.45, 2.75) is 0 Å². The normalized spacial score (nSPS) is 9.75. The van der Waals surface area contributed by atoms with Crippen LogP contribution in [0.4, 0.5) is 5.69 Å². The minimum atomic E-state index is -1.38. The van der Waals surface area contributed by atoms with Crippen LogP contribution in [-0.4, -0.2) is 15.9 Å². The van der Waals surface area contributed by atoms with Gasteiger partial charge in [0.05, 0.1) is 15.1 Å². The molecule has 0 fully saturated rings. The number of carboxylic acids is 1. The van der Waals surface area contributed by atoms with E-state index in [1.165, 1.54) is 18.2 Å². The summed E-state index contributed by atoms with van der Waals surface area (Å²) in [5.41, 5.74) is 0.334. The minimum Gasteiger partial charge on any atom is -0.542 e. The van der Waals surface area contributed by atoms with E-state index in [0.29, 0.717) is 10.2 Å². The van der Waals surface area contributed by atoms with Crippen LogP contribution in [0.1, 0.15) is 9.80 Å². The summed E-state index contributed by atoms with van der Waals surface area (Å²) in [6, 6.07) is 3.98. The zero-order valence-corrected chi connectivity index (χ0v) is 11.0. The van der Waals surface area contributed by atoms with Crippen LogP contribution >= 0.6 is 11.3 Å². The summed E-state index contributed by atoms with van der Waals surface area (Å²) in [4.78, 5) is 24.1. The second kappa shape index (κ2) is 4.88. The molecule has 1 heterocycles. The fourth-order valence-corrected chi connectivity index (χ4v) is 1.95. The van der Waals surface area contributed by atoms with Crippen LogP contribution in [0.2, 0.25) is 0 Å². The number of nitrogens with zero attached hydrogens (tertiary/aromatic N) is 2. The van der Waals surface area contributed by atoms with E-state index in [-0.39, 0.29) is 40.3 Å². The van der Waals surface area contributed by atoms with E-state index < -0.39 is 10.9 Å². The number of aromatic nitrogens is 1. The fraction of sp³-hybridized carbons (Fsp3) is 0. The summed E-state index contributed by atoms with van der Waals surface area (Å²) in [7, 11) is 0. The summed E-state index contributed by atoms with van der Waals surface area (Å²) in [6.07, 6.45) is 0. The number of carbonyl (C=O) groups excluding carboxylic acids is 1. The van der Waals surface area contributed by atoms with Gasteiger partial charge in [-0.15, -0.1) is 11.3 Å². The fourth-order valence-electron chi connectivity index (χ4n) is 1.11. The largest absolute Gasteiger partial charge is 1.00 e. The Labute approximate surface area is 115 Å². The van der Waals surface area contributed by atoms with Crippen LogP contribution in [0, 0.1) is 10.1 Å². The molecular weight excluding hydrogens is 243 g/mol.